The molecule has 3 rings (SSSR count). The van der Waals surface area contributed by atoms with Crippen LogP contribution in [-0.2, 0) is 10.0 Å². The molecule has 3 aromatic rings. The summed E-state index contributed by atoms with van der Waals surface area (Å²) in [6.07, 6.45) is 0. The van der Waals surface area contributed by atoms with Crippen LogP contribution in [0.2, 0.25) is 5.02 Å². The highest BCUT2D eigenvalue weighted by atomic mass is 35.5. The van der Waals surface area contributed by atoms with Gasteiger partial charge < -0.3 is 4.74 Å². The maximum atomic E-state index is 13.4. The molecule has 0 spiro atoms. The molecule has 1 amide bonds. The number of aryl methyl sites for hydroxylation is 1. The molecule has 3 aromatic carbocycles. The first-order valence-electron chi connectivity index (χ1n) is 8.97. The van der Waals surface area contributed by atoms with Crippen molar-refractivity contribution in [1.82, 2.24) is 0 Å². The largest absolute Gasteiger partial charge is 0.494 e. The second kappa shape index (κ2) is 8.68. The van der Waals surface area contributed by atoms with Crippen molar-refractivity contribution in [2.75, 3.05) is 10.9 Å². The number of carbonyl (C=O) groups is 1. The number of anilines is 1. The minimum Gasteiger partial charge on any atom is -0.494 e. The maximum absolute atomic E-state index is 13.4. The Balaban J connectivity index is 2.12. The van der Waals surface area contributed by atoms with Gasteiger partial charge in [-0.25, -0.2) is 8.42 Å². The molecule has 0 aliphatic rings. The number of rotatable bonds is 6. The Morgan fingerprint density at radius 3 is 2.24 bits per heavy atom. The lowest BCUT2D eigenvalue weighted by atomic mass is 10.1. The highest BCUT2D eigenvalue weighted by Crippen LogP contribution is 2.28. The number of nitrogens with zero attached hydrogens (tertiary/aromatic N) is 1. The molecule has 29 heavy (non-hydrogen) atoms. The van der Waals surface area contributed by atoms with Crippen molar-refractivity contribution in [3.63, 3.8) is 0 Å². The van der Waals surface area contributed by atoms with E-state index in [2.05, 4.69) is 0 Å². The van der Waals surface area contributed by atoms with Crippen LogP contribution in [0.15, 0.2) is 77.7 Å². The Labute approximate surface area is 175 Å². The average molecular weight is 430 g/mol. The predicted octanol–water partition coefficient (Wildman–Crippen LogP) is 5.08. The number of halogens is 1. The molecule has 0 saturated heterocycles. The van der Waals surface area contributed by atoms with Gasteiger partial charge in [0, 0.05) is 10.6 Å². The standard InChI is InChI=1S/C22H20ClNO4S/c1-3-28-20-11-9-19(10-12-20)24(22(25)17-6-4-5-16(2)15-17)29(26,27)21-13-7-18(23)8-14-21/h4-15H,3H2,1-2H3. The van der Waals surface area contributed by atoms with Crippen LogP contribution in [0.5, 0.6) is 5.75 Å². The molecule has 0 bridgehead atoms. The van der Waals surface area contributed by atoms with Gasteiger partial charge in [0.25, 0.3) is 15.9 Å². The first-order valence-corrected chi connectivity index (χ1v) is 10.8. The van der Waals surface area contributed by atoms with Gasteiger partial charge in [0.2, 0.25) is 0 Å². The van der Waals surface area contributed by atoms with Crippen molar-refractivity contribution in [2.45, 2.75) is 18.7 Å². The summed E-state index contributed by atoms with van der Waals surface area (Å²) in [5.41, 5.74) is 1.35. The van der Waals surface area contributed by atoms with Gasteiger partial charge in [-0.1, -0.05) is 29.3 Å². The molecule has 0 heterocycles. The second-order valence-electron chi connectivity index (χ2n) is 6.32. The summed E-state index contributed by atoms with van der Waals surface area (Å²) in [5.74, 6) is -0.0593. The van der Waals surface area contributed by atoms with E-state index in [-0.39, 0.29) is 16.1 Å². The number of hydrogen-bond donors (Lipinski definition) is 0. The van der Waals surface area contributed by atoms with Crippen LogP contribution < -0.4 is 9.04 Å². The van der Waals surface area contributed by atoms with E-state index in [1.807, 2.05) is 19.9 Å². The summed E-state index contributed by atoms with van der Waals surface area (Å²) in [4.78, 5) is 13.3. The van der Waals surface area contributed by atoms with Crippen LogP contribution in [0.1, 0.15) is 22.8 Å². The zero-order chi connectivity index (χ0) is 21.0. The van der Waals surface area contributed by atoms with E-state index in [0.29, 0.717) is 17.4 Å². The van der Waals surface area contributed by atoms with Gasteiger partial charge in [0.1, 0.15) is 5.75 Å². The third kappa shape index (κ3) is 4.60. The van der Waals surface area contributed by atoms with Crippen LogP contribution in [0, 0.1) is 6.92 Å². The first-order chi connectivity index (χ1) is 13.8. The van der Waals surface area contributed by atoms with Crippen molar-refractivity contribution < 1.29 is 17.9 Å². The Morgan fingerprint density at radius 1 is 1.00 bits per heavy atom. The van der Waals surface area contributed by atoms with Crippen molar-refractivity contribution in [2.24, 2.45) is 0 Å². The molecule has 0 N–H and O–H groups in total. The molecular formula is C22H20ClNO4S. The van der Waals surface area contributed by atoms with Crippen molar-refractivity contribution >= 4 is 33.2 Å². The van der Waals surface area contributed by atoms with Gasteiger partial charge in [-0.05, 0) is 74.5 Å². The fourth-order valence-electron chi connectivity index (χ4n) is 2.82. The average Bonchev–Trinajstić information content (AvgIpc) is 2.70. The summed E-state index contributed by atoms with van der Waals surface area (Å²) in [6.45, 7) is 4.17. The van der Waals surface area contributed by atoms with E-state index in [4.69, 9.17) is 16.3 Å². The zero-order valence-electron chi connectivity index (χ0n) is 16.0. The molecular weight excluding hydrogens is 410 g/mol. The monoisotopic (exact) mass is 429 g/mol. The molecule has 0 aromatic heterocycles. The lowest BCUT2D eigenvalue weighted by Gasteiger charge is -2.23. The van der Waals surface area contributed by atoms with Crippen LogP contribution in [-0.4, -0.2) is 20.9 Å². The van der Waals surface area contributed by atoms with Crippen LogP contribution in [0.4, 0.5) is 5.69 Å². The molecule has 7 heteroatoms. The fourth-order valence-corrected chi connectivity index (χ4v) is 4.36. The third-order valence-corrected chi connectivity index (χ3v) is 6.16. The first kappa shape index (κ1) is 20.9. The van der Waals surface area contributed by atoms with E-state index in [1.54, 1.807) is 42.5 Å². The van der Waals surface area contributed by atoms with Gasteiger partial charge in [-0.2, -0.15) is 4.31 Å². The number of amides is 1. The van der Waals surface area contributed by atoms with E-state index in [0.717, 1.165) is 9.87 Å². The van der Waals surface area contributed by atoms with Crippen LogP contribution >= 0.6 is 11.6 Å². The zero-order valence-corrected chi connectivity index (χ0v) is 17.6. The number of carbonyl (C=O) groups excluding carboxylic acids is 1. The van der Waals surface area contributed by atoms with E-state index >= 15 is 0 Å². The lowest BCUT2D eigenvalue weighted by molar-refractivity contribution is 0.100. The molecule has 0 unspecified atom stereocenters. The topological polar surface area (TPSA) is 63.7 Å². The van der Waals surface area contributed by atoms with Crippen LogP contribution in [0.3, 0.4) is 0 Å². The Morgan fingerprint density at radius 2 is 1.66 bits per heavy atom. The molecule has 0 radical (unpaired) electrons. The van der Waals surface area contributed by atoms with Gasteiger partial charge in [0.05, 0.1) is 17.2 Å². The highest BCUT2D eigenvalue weighted by Gasteiger charge is 2.32. The van der Waals surface area contributed by atoms with E-state index in [1.165, 1.54) is 24.3 Å². The highest BCUT2D eigenvalue weighted by molar-refractivity contribution is 7.93. The van der Waals surface area contributed by atoms with E-state index < -0.39 is 15.9 Å². The van der Waals surface area contributed by atoms with E-state index in [9.17, 15) is 13.2 Å². The van der Waals surface area contributed by atoms with Gasteiger partial charge >= 0.3 is 0 Å². The Kier molecular flexibility index (Phi) is 6.25. The molecule has 0 fully saturated rings. The second-order valence-corrected chi connectivity index (χ2v) is 8.55. The fraction of sp³-hybridized carbons (Fsp3) is 0.136. The smallest absolute Gasteiger partial charge is 0.272 e. The van der Waals surface area contributed by atoms with Crippen LogP contribution in [0.25, 0.3) is 0 Å². The molecule has 0 aliphatic heterocycles. The minimum atomic E-state index is -4.17. The number of hydrogen-bond acceptors (Lipinski definition) is 4. The Hall–Kier alpha value is -2.83. The number of ether oxygens (including phenoxy) is 1. The van der Waals surface area contributed by atoms with Crippen molar-refractivity contribution in [1.29, 1.82) is 0 Å². The third-order valence-electron chi connectivity index (χ3n) is 4.18. The molecule has 0 saturated carbocycles. The lowest BCUT2D eigenvalue weighted by Crippen LogP contribution is -2.37. The van der Waals surface area contributed by atoms with Crippen molar-refractivity contribution in [3.05, 3.63) is 88.9 Å². The minimum absolute atomic E-state index is 0.0308. The molecule has 5 nitrogen and oxygen atoms in total. The number of sulfonamides is 1. The molecule has 150 valence electrons. The summed E-state index contributed by atoms with van der Waals surface area (Å²) < 4.78 is 33.0. The van der Waals surface area contributed by atoms with Crippen molar-refractivity contribution in [3.8, 4) is 5.75 Å². The molecule has 0 aliphatic carbocycles. The maximum Gasteiger partial charge on any atom is 0.272 e. The molecule has 0 atom stereocenters. The normalized spacial score (nSPS) is 11.1. The Bertz CT molecular complexity index is 1110. The predicted molar refractivity (Wildman–Crippen MR) is 114 cm³/mol. The quantitative estimate of drug-likeness (QED) is 0.548. The summed E-state index contributed by atoms with van der Waals surface area (Å²) >= 11 is 5.89. The summed E-state index contributed by atoms with van der Waals surface area (Å²) in [6, 6.07) is 18.9. The SMILES string of the molecule is CCOc1ccc(N(C(=O)c2cccc(C)c2)S(=O)(=O)c2ccc(Cl)cc2)cc1. The van der Waals surface area contributed by atoms with Gasteiger partial charge in [-0.3, -0.25) is 4.79 Å². The summed E-state index contributed by atoms with van der Waals surface area (Å²) in [5, 5.41) is 0.404. The summed E-state index contributed by atoms with van der Waals surface area (Å²) in [7, 11) is -4.17. The number of benzene rings is 3. The van der Waals surface area contributed by atoms with Gasteiger partial charge in [0.15, 0.2) is 0 Å². The van der Waals surface area contributed by atoms with Gasteiger partial charge in [-0.15, -0.1) is 0 Å².